The molecule has 0 radical (unpaired) electrons. The second kappa shape index (κ2) is 9.82. The number of anilines is 1. The van der Waals surface area contributed by atoms with Gasteiger partial charge in [-0.3, -0.25) is 24.1 Å². The van der Waals surface area contributed by atoms with Gasteiger partial charge in [-0.2, -0.15) is 0 Å². The van der Waals surface area contributed by atoms with Gasteiger partial charge in [0.2, 0.25) is 10.0 Å². The molecule has 0 aliphatic carbocycles. The Bertz CT molecular complexity index is 1610. The van der Waals surface area contributed by atoms with Gasteiger partial charge >= 0.3 is 5.69 Å². The predicted molar refractivity (Wildman–Crippen MR) is 136 cm³/mol. The van der Waals surface area contributed by atoms with Crippen molar-refractivity contribution in [3.63, 3.8) is 0 Å². The van der Waals surface area contributed by atoms with Gasteiger partial charge in [0.25, 0.3) is 5.56 Å². The zero-order valence-electron chi connectivity index (χ0n) is 18.9. The van der Waals surface area contributed by atoms with E-state index in [4.69, 9.17) is 4.74 Å². The molecule has 0 amide bonds. The Morgan fingerprint density at radius 2 is 1.83 bits per heavy atom. The molecule has 35 heavy (non-hydrogen) atoms. The highest BCUT2D eigenvalue weighted by atomic mass is 32.2. The fourth-order valence-electron chi connectivity index (χ4n) is 3.55. The molecule has 0 bridgehead atoms. The van der Waals surface area contributed by atoms with Crippen LogP contribution >= 0.6 is 0 Å². The topological polar surface area (TPSA) is 123 Å². The molecule has 4 aromatic rings. The van der Waals surface area contributed by atoms with Crippen LogP contribution in [-0.4, -0.2) is 36.3 Å². The lowest BCUT2D eigenvalue weighted by molar-refractivity contribution is 0.415. The number of methoxy groups -OCH3 is 1. The van der Waals surface area contributed by atoms with Crippen molar-refractivity contribution in [2.45, 2.75) is 0 Å². The van der Waals surface area contributed by atoms with Crippen molar-refractivity contribution in [1.29, 1.82) is 0 Å². The van der Waals surface area contributed by atoms with E-state index in [1.54, 1.807) is 62.0 Å². The third-order valence-corrected chi connectivity index (χ3v) is 5.66. The summed E-state index contributed by atoms with van der Waals surface area (Å²) in [6.07, 6.45) is 9.53. The summed E-state index contributed by atoms with van der Waals surface area (Å²) in [7, 11) is -1.80. The Balaban J connectivity index is 1.82. The van der Waals surface area contributed by atoms with E-state index in [0.29, 0.717) is 28.3 Å². The maximum absolute atomic E-state index is 12.5. The zero-order chi connectivity index (χ0) is 25.0. The van der Waals surface area contributed by atoms with E-state index < -0.39 is 21.3 Å². The Labute approximate surface area is 201 Å². The quantitative estimate of drug-likeness (QED) is 0.384. The molecule has 0 aliphatic heterocycles. The molecule has 2 aromatic carbocycles. The van der Waals surface area contributed by atoms with Gasteiger partial charge in [0.15, 0.2) is 0 Å². The third kappa shape index (κ3) is 5.74. The van der Waals surface area contributed by atoms with E-state index in [1.807, 2.05) is 18.2 Å². The molecule has 0 aliphatic rings. The Hall–Kier alpha value is -4.44. The van der Waals surface area contributed by atoms with Gasteiger partial charge < -0.3 is 4.74 Å². The fraction of sp³-hybridized carbons (Fsp3) is 0.0800. The molecule has 0 atom stereocenters. The maximum atomic E-state index is 12.5. The number of nitrogens with one attached hydrogen (secondary N) is 2. The first kappa shape index (κ1) is 23.7. The number of aromatic amines is 1. The number of sulfonamides is 1. The first-order valence-corrected chi connectivity index (χ1v) is 12.3. The average Bonchev–Trinajstić information content (AvgIpc) is 2.82. The van der Waals surface area contributed by atoms with E-state index in [-0.39, 0.29) is 0 Å². The number of benzene rings is 2. The minimum atomic E-state index is -3.36. The molecule has 178 valence electrons. The molecule has 9 nitrogen and oxygen atoms in total. The van der Waals surface area contributed by atoms with Gasteiger partial charge in [0.1, 0.15) is 5.75 Å². The van der Waals surface area contributed by atoms with E-state index in [0.717, 1.165) is 17.4 Å². The highest BCUT2D eigenvalue weighted by Gasteiger charge is 2.14. The van der Waals surface area contributed by atoms with Crippen molar-refractivity contribution in [3.05, 3.63) is 105 Å². The van der Waals surface area contributed by atoms with E-state index in [1.165, 1.54) is 16.8 Å². The molecule has 0 spiro atoms. The number of nitrogens with zero attached hydrogens (tertiary/aromatic N) is 2. The zero-order valence-corrected chi connectivity index (χ0v) is 19.7. The molecule has 0 unspecified atom stereocenters. The van der Waals surface area contributed by atoms with Gasteiger partial charge in [0.05, 0.1) is 19.1 Å². The first-order valence-electron chi connectivity index (χ1n) is 10.4. The second-order valence-electron chi connectivity index (χ2n) is 7.67. The van der Waals surface area contributed by atoms with E-state index >= 15 is 0 Å². The predicted octanol–water partition coefficient (Wildman–Crippen LogP) is 3.14. The van der Waals surface area contributed by atoms with E-state index in [2.05, 4.69) is 14.7 Å². The first-order chi connectivity index (χ1) is 16.7. The summed E-state index contributed by atoms with van der Waals surface area (Å²) >= 11 is 0. The molecule has 2 heterocycles. The summed E-state index contributed by atoms with van der Waals surface area (Å²) in [6.45, 7) is 0. The van der Waals surface area contributed by atoms with Crippen molar-refractivity contribution < 1.29 is 13.2 Å². The van der Waals surface area contributed by atoms with Crippen molar-refractivity contribution in [2.75, 3.05) is 18.1 Å². The molecule has 10 heteroatoms. The van der Waals surface area contributed by atoms with Gasteiger partial charge in [-0.15, -0.1) is 0 Å². The van der Waals surface area contributed by atoms with Gasteiger partial charge in [-0.25, -0.2) is 13.2 Å². The largest absolute Gasteiger partial charge is 0.495 e. The Kier molecular flexibility index (Phi) is 6.65. The summed E-state index contributed by atoms with van der Waals surface area (Å²) in [4.78, 5) is 30.5. The molecule has 2 aromatic heterocycles. The molecule has 4 rings (SSSR count). The SMILES string of the molecule is COc1c(C=Cc2ccc(NS(C)(=O)=O)cc2)cc(-n2ccc(=O)[nH]c2=O)cc1-c1cccnc1. The molecule has 2 N–H and O–H groups in total. The van der Waals surface area contributed by atoms with Crippen LogP contribution in [-0.2, 0) is 10.0 Å². The number of hydrogen-bond acceptors (Lipinski definition) is 6. The second-order valence-corrected chi connectivity index (χ2v) is 9.42. The van der Waals surface area contributed by atoms with Crippen LogP contribution in [0, 0.1) is 0 Å². The van der Waals surface area contributed by atoms with Crippen LogP contribution in [0.3, 0.4) is 0 Å². The fourth-order valence-corrected chi connectivity index (χ4v) is 4.11. The molecular formula is C25H22N4O5S. The van der Waals surface area contributed by atoms with Crippen LogP contribution in [0.5, 0.6) is 5.75 Å². The number of rotatable bonds is 7. The molecular weight excluding hydrogens is 468 g/mol. The summed E-state index contributed by atoms with van der Waals surface area (Å²) in [5.74, 6) is 0.575. The summed E-state index contributed by atoms with van der Waals surface area (Å²) in [5, 5.41) is 0. The number of ether oxygens (including phenoxy) is 1. The Morgan fingerprint density at radius 3 is 2.46 bits per heavy atom. The Morgan fingerprint density at radius 1 is 1.06 bits per heavy atom. The highest BCUT2D eigenvalue weighted by Crippen LogP contribution is 2.36. The van der Waals surface area contributed by atoms with Crippen LogP contribution in [0.2, 0.25) is 0 Å². The average molecular weight is 491 g/mol. The molecule has 0 saturated heterocycles. The lowest BCUT2D eigenvalue weighted by Gasteiger charge is -2.15. The van der Waals surface area contributed by atoms with Crippen molar-refractivity contribution in [2.24, 2.45) is 0 Å². The third-order valence-electron chi connectivity index (χ3n) is 5.05. The monoisotopic (exact) mass is 490 g/mol. The van der Waals surface area contributed by atoms with E-state index in [9.17, 15) is 18.0 Å². The van der Waals surface area contributed by atoms with Crippen LogP contribution in [0.25, 0.3) is 29.0 Å². The van der Waals surface area contributed by atoms with Crippen LogP contribution in [0.4, 0.5) is 5.69 Å². The normalized spacial score (nSPS) is 11.5. The van der Waals surface area contributed by atoms with Crippen molar-refractivity contribution in [3.8, 4) is 22.6 Å². The van der Waals surface area contributed by atoms with Gasteiger partial charge in [-0.05, 0) is 35.9 Å². The number of hydrogen-bond donors (Lipinski definition) is 2. The van der Waals surface area contributed by atoms with Gasteiger partial charge in [-0.1, -0.05) is 30.4 Å². The minimum Gasteiger partial charge on any atom is -0.495 e. The summed E-state index contributed by atoms with van der Waals surface area (Å²) in [5.41, 5.74) is 2.93. The van der Waals surface area contributed by atoms with Crippen LogP contribution in [0.1, 0.15) is 11.1 Å². The van der Waals surface area contributed by atoms with Gasteiger partial charge in [0, 0.05) is 47.0 Å². The standard InChI is InChI=1S/C25H22N4O5S/c1-34-24-18(8-5-17-6-9-20(10-7-17)28-35(2,32)33)14-21(29-13-11-23(30)27-25(29)31)15-22(24)19-4-3-12-26-16-19/h3-16,28H,1-2H3,(H,27,30,31). The number of aromatic nitrogens is 3. The molecule has 0 fully saturated rings. The number of H-pyrrole nitrogens is 1. The smallest absolute Gasteiger partial charge is 0.332 e. The van der Waals surface area contributed by atoms with Crippen LogP contribution in [0.15, 0.2) is 82.8 Å². The number of pyridine rings is 1. The lowest BCUT2D eigenvalue weighted by Crippen LogP contribution is -2.27. The summed E-state index contributed by atoms with van der Waals surface area (Å²) in [6, 6.07) is 15.4. The molecule has 0 saturated carbocycles. The van der Waals surface area contributed by atoms with Crippen LogP contribution < -0.4 is 20.7 Å². The highest BCUT2D eigenvalue weighted by molar-refractivity contribution is 7.92. The maximum Gasteiger partial charge on any atom is 0.332 e. The summed E-state index contributed by atoms with van der Waals surface area (Å²) < 4.78 is 32.3. The van der Waals surface area contributed by atoms with Crippen molar-refractivity contribution >= 4 is 27.9 Å². The lowest BCUT2D eigenvalue weighted by atomic mass is 10.0. The minimum absolute atomic E-state index is 0.459. The van der Waals surface area contributed by atoms with Crippen molar-refractivity contribution in [1.82, 2.24) is 14.5 Å².